The lowest BCUT2D eigenvalue weighted by atomic mass is 9.63. The molecule has 1 fully saturated rings. The molecule has 6 nitrogen and oxygen atoms in total. The summed E-state index contributed by atoms with van der Waals surface area (Å²) in [6.07, 6.45) is 0.202. The van der Waals surface area contributed by atoms with Gasteiger partial charge in [-0.25, -0.2) is 4.79 Å². The number of Topliss-reactive ketones (excluding diaryl/α,β-unsaturated/α-hetero) is 1. The molecule has 0 radical (unpaired) electrons. The molecule has 0 bridgehead atoms. The molecule has 4 atom stereocenters. The van der Waals surface area contributed by atoms with Crippen LogP contribution in [-0.2, 0) is 23.9 Å². The fraction of sp³-hybridized carbons (Fsp3) is 0.500. The molecule has 6 heteroatoms. The van der Waals surface area contributed by atoms with E-state index in [1.54, 1.807) is 20.8 Å². The summed E-state index contributed by atoms with van der Waals surface area (Å²) in [7, 11) is 1.29. The Morgan fingerprint density at radius 1 is 1.13 bits per heavy atom. The maximum absolute atomic E-state index is 13.6. The minimum atomic E-state index is -0.869. The van der Waals surface area contributed by atoms with Crippen LogP contribution in [0.4, 0.5) is 0 Å². The standard InChI is InChI=1S/C24H29NO5/c1-12(2)30-24(28)19-15(5)25-17-11-14(4)18(23(27)29-6)22(26)21(17)20(19)16-10-8-7-9-13(16)3/h7-10,12,14,18,20-21H,11H2,1-6H3/t14-,18+,20+,21?/m1/s1. The van der Waals surface area contributed by atoms with Gasteiger partial charge in [0.05, 0.1) is 24.7 Å². The van der Waals surface area contributed by atoms with Gasteiger partial charge in [0.2, 0.25) is 0 Å². The number of benzene rings is 1. The van der Waals surface area contributed by atoms with Crippen LogP contribution in [0.1, 0.15) is 51.2 Å². The van der Waals surface area contributed by atoms with Crippen molar-refractivity contribution in [1.82, 2.24) is 0 Å². The van der Waals surface area contributed by atoms with Crippen molar-refractivity contribution in [2.75, 3.05) is 7.11 Å². The molecule has 1 saturated carbocycles. The lowest BCUT2D eigenvalue weighted by Gasteiger charge is -2.40. The van der Waals surface area contributed by atoms with Crippen LogP contribution in [0.25, 0.3) is 0 Å². The summed E-state index contributed by atoms with van der Waals surface area (Å²) in [6, 6.07) is 7.69. The Morgan fingerprint density at radius 2 is 1.80 bits per heavy atom. The molecular formula is C24H29NO5. The van der Waals surface area contributed by atoms with E-state index in [2.05, 4.69) is 4.99 Å². The molecule has 1 unspecified atom stereocenters. The Bertz CT molecular complexity index is 943. The fourth-order valence-corrected chi connectivity index (χ4v) is 4.65. The Morgan fingerprint density at radius 3 is 2.40 bits per heavy atom. The zero-order valence-corrected chi connectivity index (χ0v) is 18.4. The van der Waals surface area contributed by atoms with Gasteiger partial charge < -0.3 is 9.47 Å². The summed E-state index contributed by atoms with van der Waals surface area (Å²) in [5.41, 5.74) is 3.51. The molecule has 0 N–H and O–H groups in total. The second kappa shape index (κ2) is 8.54. The smallest absolute Gasteiger partial charge is 0.336 e. The van der Waals surface area contributed by atoms with Crippen molar-refractivity contribution < 1.29 is 23.9 Å². The van der Waals surface area contributed by atoms with Crippen LogP contribution in [0.15, 0.2) is 40.5 Å². The van der Waals surface area contributed by atoms with Gasteiger partial charge in [-0.05, 0) is 51.2 Å². The number of nitrogens with zero attached hydrogens (tertiary/aromatic N) is 1. The van der Waals surface area contributed by atoms with E-state index < -0.39 is 29.7 Å². The summed E-state index contributed by atoms with van der Waals surface area (Å²) in [5.74, 6) is -3.56. The van der Waals surface area contributed by atoms with Crippen LogP contribution < -0.4 is 0 Å². The maximum atomic E-state index is 13.6. The zero-order valence-electron chi connectivity index (χ0n) is 18.4. The number of fused-ring (bicyclic) bond motifs is 1. The van der Waals surface area contributed by atoms with Gasteiger partial charge in [0.25, 0.3) is 0 Å². The topological polar surface area (TPSA) is 82.0 Å². The molecule has 1 aliphatic carbocycles. The number of esters is 2. The van der Waals surface area contributed by atoms with E-state index in [4.69, 9.17) is 9.47 Å². The predicted molar refractivity (Wildman–Crippen MR) is 113 cm³/mol. The first-order valence-corrected chi connectivity index (χ1v) is 10.3. The Balaban J connectivity index is 2.20. The molecule has 3 rings (SSSR count). The maximum Gasteiger partial charge on any atom is 0.336 e. The summed E-state index contributed by atoms with van der Waals surface area (Å²) in [5, 5.41) is 0. The average Bonchev–Trinajstić information content (AvgIpc) is 2.66. The third-order valence-electron chi connectivity index (χ3n) is 5.96. The summed E-state index contributed by atoms with van der Waals surface area (Å²) >= 11 is 0. The van der Waals surface area contributed by atoms with Crippen molar-refractivity contribution in [3.05, 3.63) is 46.7 Å². The zero-order chi connectivity index (χ0) is 22.2. The van der Waals surface area contributed by atoms with Crippen LogP contribution >= 0.6 is 0 Å². The molecule has 0 aromatic heterocycles. The van der Waals surface area contributed by atoms with Gasteiger partial charge in [-0.1, -0.05) is 31.2 Å². The Labute approximate surface area is 177 Å². The number of methoxy groups -OCH3 is 1. The number of carbonyl (C=O) groups excluding carboxylic acids is 3. The highest BCUT2D eigenvalue weighted by atomic mass is 16.5. The first kappa shape index (κ1) is 21.9. The van der Waals surface area contributed by atoms with E-state index in [1.807, 2.05) is 38.1 Å². The first-order valence-electron chi connectivity index (χ1n) is 10.3. The van der Waals surface area contributed by atoms with Gasteiger partial charge >= 0.3 is 11.9 Å². The molecule has 1 aliphatic heterocycles. The molecule has 0 amide bonds. The van der Waals surface area contributed by atoms with Crippen molar-refractivity contribution >= 4 is 23.4 Å². The van der Waals surface area contributed by atoms with Gasteiger partial charge in [0.15, 0.2) is 5.78 Å². The molecule has 1 aromatic rings. The third-order valence-corrected chi connectivity index (χ3v) is 5.96. The summed E-state index contributed by atoms with van der Waals surface area (Å²) in [6.45, 7) is 9.17. The highest BCUT2D eigenvalue weighted by molar-refractivity contribution is 6.17. The van der Waals surface area contributed by atoms with Gasteiger partial charge in [0, 0.05) is 17.3 Å². The molecule has 1 aromatic carbocycles. The first-order chi connectivity index (χ1) is 14.2. The molecule has 30 heavy (non-hydrogen) atoms. The number of aliphatic imine (C=N–C) groups is 1. The second-order valence-corrected chi connectivity index (χ2v) is 8.45. The van der Waals surface area contributed by atoms with Crippen molar-refractivity contribution in [2.45, 2.75) is 53.1 Å². The van der Waals surface area contributed by atoms with Gasteiger partial charge in [0.1, 0.15) is 5.92 Å². The number of ketones is 1. The van der Waals surface area contributed by atoms with Gasteiger partial charge in [-0.3, -0.25) is 14.6 Å². The van der Waals surface area contributed by atoms with E-state index in [9.17, 15) is 14.4 Å². The molecule has 2 aliphatic rings. The van der Waals surface area contributed by atoms with Crippen LogP contribution in [0.5, 0.6) is 0 Å². The van der Waals surface area contributed by atoms with Crippen LogP contribution in [0.3, 0.4) is 0 Å². The summed E-state index contributed by atoms with van der Waals surface area (Å²) in [4.78, 5) is 43.8. The van der Waals surface area contributed by atoms with E-state index in [-0.39, 0.29) is 17.8 Å². The minimum Gasteiger partial charge on any atom is -0.468 e. The molecule has 1 heterocycles. The Hall–Kier alpha value is -2.76. The SMILES string of the molecule is COC(=O)[C@@H]1C(=O)C2C(=NC(C)=C(C(=O)OC(C)C)[C@@H]2c2ccccc2C)C[C@H]1C. The van der Waals surface area contributed by atoms with Gasteiger partial charge in [-0.15, -0.1) is 0 Å². The monoisotopic (exact) mass is 411 g/mol. The van der Waals surface area contributed by atoms with E-state index in [0.29, 0.717) is 17.7 Å². The minimum absolute atomic E-state index is 0.213. The molecule has 0 saturated heterocycles. The molecular weight excluding hydrogens is 382 g/mol. The summed E-state index contributed by atoms with van der Waals surface area (Å²) < 4.78 is 10.4. The molecule has 0 spiro atoms. The van der Waals surface area contributed by atoms with Crippen molar-refractivity contribution in [2.24, 2.45) is 22.7 Å². The van der Waals surface area contributed by atoms with Crippen molar-refractivity contribution in [3.63, 3.8) is 0 Å². The average molecular weight is 411 g/mol. The van der Waals surface area contributed by atoms with Crippen molar-refractivity contribution in [1.29, 1.82) is 0 Å². The van der Waals surface area contributed by atoms with Gasteiger partial charge in [-0.2, -0.15) is 0 Å². The number of hydrogen-bond acceptors (Lipinski definition) is 6. The lowest BCUT2D eigenvalue weighted by molar-refractivity contribution is -0.152. The van der Waals surface area contributed by atoms with Crippen LogP contribution in [0, 0.1) is 24.7 Å². The van der Waals surface area contributed by atoms with E-state index in [1.165, 1.54) is 7.11 Å². The number of carbonyl (C=O) groups is 3. The normalized spacial score (nSPS) is 26.2. The largest absolute Gasteiger partial charge is 0.468 e. The highest BCUT2D eigenvalue weighted by Crippen LogP contribution is 2.46. The number of hydrogen-bond donors (Lipinski definition) is 0. The van der Waals surface area contributed by atoms with Crippen LogP contribution in [0.2, 0.25) is 0 Å². The number of aryl methyl sites for hydroxylation is 1. The number of ether oxygens (including phenoxy) is 2. The number of rotatable bonds is 4. The van der Waals surface area contributed by atoms with Crippen LogP contribution in [-0.4, -0.2) is 36.6 Å². The quantitative estimate of drug-likeness (QED) is 0.556. The predicted octanol–water partition coefficient (Wildman–Crippen LogP) is 3.77. The molecule has 160 valence electrons. The lowest BCUT2D eigenvalue weighted by Crippen LogP contribution is -2.49. The van der Waals surface area contributed by atoms with Crippen molar-refractivity contribution in [3.8, 4) is 0 Å². The van der Waals surface area contributed by atoms with E-state index in [0.717, 1.165) is 16.8 Å². The fourth-order valence-electron chi connectivity index (χ4n) is 4.65. The Kier molecular flexibility index (Phi) is 6.25. The second-order valence-electron chi connectivity index (χ2n) is 8.45. The number of allylic oxidation sites excluding steroid dienone is 1. The third kappa shape index (κ3) is 3.83. The highest BCUT2D eigenvalue weighted by Gasteiger charge is 2.51. The van der Waals surface area contributed by atoms with E-state index >= 15 is 0 Å².